The molecule has 1 aromatic carbocycles. The van der Waals surface area contributed by atoms with Gasteiger partial charge in [-0.15, -0.1) is 0 Å². The molecule has 1 aromatic rings. The van der Waals surface area contributed by atoms with Crippen LogP contribution < -0.4 is 10.6 Å². The van der Waals surface area contributed by atoms with Gasteiger partial charge in [0.2, 0.25) is 10.0 Å². The maximum atomic E-state index is 12.5. The number of amides is 2. The first-order valence-corrected chi connectivity index (χ1v) is 11.4. The molecule has 0 fully saturated rings. The summed E-state index contributed by atoms with van der Waals surface area (Å²) < 4.78 is 31.3. The molecule has 164 valence electrons. The molecular weight excluding hydrogens is 394 g/mol. The van der Waals surface area contributed by atoms with E-state index in [1.807, 2.05) is 13.8 Å². The van der Waals surface area contributed by atoms with Crippen LogP contribution in [0.4, 0.5) is 4.79 Å². The van der Waals surface area contributed by atoms with Crippen LogP contribution in [0, 0.1) is 5.92 Å². The van der Waals surface area contributed by atoms with Gasteiger partial charge in [0.1, 0.15) is 0 Å². The molecular formula is C20H33N3O5S. The number of hydrogen-bond donors (Lipinski definition) is 2. The second-order valence-electron chi connectivity index (χ2n) is 7.02. The minimum absolute atomic E-state index is 0.152. The third kappa shape index (κ3) is 7.66. The number of hydrogen-bond acceptors (Lipinski definition) is 5. The van der Waals surface area contributed by atoms with Crippen molar-refractivity contribution < 1.29 is 22.7 Å². The molecule has 1 rings (SSSR count). The van der Waals surface area contributed by atoms with Crippen molar-refractivity contribution >= 4 is 22.0 Å². The van der Waals surface area contributed by atoms with Crippen LogP contribution >= 0.6 is 0 Å². The lowest BCUT2D eigenvalue weighted by molar-refractivity contribution is 0.0944. The summed E-state index contributed by atoms with van der Waals surface area (Å²) in [5.74, 6) is -0.0143. The smallest absolute Gasteiger partial charge is 0.407 e. The van der Waals surface area contributed by atoms with Crippen LogP contribution in [-0.2, 0) is 14.8 Å². The Morgan fingerprint density at radius 3 is 2.14 bits per heavy atom. The van der Waals surface area contributed by atoms with Gasteiger partial charge >= 0.3 is 6.09 Å². The molecule has 1 atom stereocenters. The maximum absolute atomic E-state index is 12.5. The molecule has 1 unspecified atom stereocenters. The summed E-state index contributed by atoms with van der Waals surface area (Å²) in [5, 5.41) is 5.54. The SMILES string of the molecule is CCOC(=O)NC(CNC(=O)c1ccc(S(=O)(=O)N(CC)CC)cc1)CC(C)C. The second kappa shape index (κ2) is 11.8. The standard InChI is InChI=1S/C20H33N3O5S/c1-6-23(7-2)29(26,27)18-11-9-16(10-12-18)19(24)21-14-17(13-15(4)5)22-20(25)28-8-3/h9-12,15,17H,6-8,13-14H2,1-5H3,(H,21,24)(H,22,25). The van der Waals surface area contributed by atoms with Crippen LogP contribution in [0.25, 0.3) is 0 Å². The molecule has 0 aliphatic rings. The van der Waals surface area contributed by atoms with Crippen LogP contribution in [0.3, 0.4) is 0 Å². The molecule has 0 spiro atoms. The van der Waals surface area contributed by atoms with E-state index in [-0.39, 0.29) is 30.0 Å². The largest absolute Gasteiger partial charge is 0.450 e. The summed E-state index contributed by atoms with van der Waals surface area (Å²) in [7, 11) is -3.56. The fourth-order valence-corrected chi connectivity index (χ4v) is 4.37. The Hall–Kier alpha value is -2.13. The molecule has 2 N–H and O–H groups in total. The predicted molar refractivity (Wildman–Crippen MR) is 112 cm³/mol. The highest BCUT2D eigenvalue weighted by atomic mass is 32.2. The van der Waals surface area contributed by atoms with Crippen molar-refractivity contribution in [2.75, 3.05) is 26.2 Å². The van der Waals surface area contributed by atoms with Crippen molar-refractivity contribution in [3.63, 3.8) is 0 Å². The lowest BCUT2D eigenvalue weighted by atomic mass is 10.0. The van der Waals surface area contributed by atoms with Crippen LogP contribution in [0.5, 0.6) is 0 Å². The Bertz CT molecular complexity index is 759. The van der Waals surface area contributed by atoms with Gasteiger partial charge in [-0.2, -0.15) is 4.31 Å². The van der Waals surface area contributed by atoms with Crippen LogP contribution in [0.2, 0.25) is 0 Å². The summed E-state index contributed by atoms with van der Waals surface area (Å²) in [5.41, 5.74) is 0.350. The normalized spacial score (nSPS) is 12.7. The zero-order valence-electron chi connectivity index (χ0n) is 17.9. The minimum atomic E-state index is -3.56. The van der Waals surface area contributed by atoms with Gasteiger partial charge in [-0.25, -0.2) is 13.2 Å². The molecule has 8 nitrogen and oxygen atoms in total. The highest BCUT2D eigenvalue weighted by Crippen LogP contribution is 2.16. The van der Waals surface area contributed by atoms with Gasteiger partial charge in [0, 0.05) is 31.2 Å². The first-order valence-electron chi connectivity index (χ1n) is 9.97. The monoisotopic (exact) mass is 427 g/mol. The van der Waals surface area contributed by atoms with Crippen molar-refractivity contribution in [3.05, 3.63) is 29.8 Å². The number of rotatable bonds is 11. The molecule has 0 bridgehead atoms. The topological polar surface area (TPSA) is 105 Å². The Morgan fingerprint density at radius 2 is 1.66 bits per heavy atom. The van der Waals surface area contributed by atoms with Gasteiger partial charge < -0.3 is 15.4 Å². The van der Waals surface area contributed by atoms with Crippen molar-refractivity contribution in [2.24, 2.45) is 5.92 Å². The number of nitrogens with one attached hydrogen (secondary N) is 2. The van der Waals surface area contributed by atoms with E-state index in [9.17, 15) is 18.0 Å². The lowest BCUT2D eigenvalue weighted by Gasteiger charge is -2.21. The number of ether oxygens (including phenoxy) is 1. The number of benzene rings is 1. The molecule has 2 amide bonds. The summed E-state index contributed by atoms with van der Waals surface area (Å²) in [4.78, 5) is 24.3. The van der Waals surface area contributed by atoms with E-state index in [1.165, 1.54) is 28.6 Å². The highest BCUT2D eigenvalue weighted by molar-refractivity contribution is 7.89. The average molecular weight is 428 g/mol. The van der Waals surface area contributed by atoms with E-state index in [0.717, 1.165) is 0 Å². The molecule has 0 saturated carbocycles. The van der Waals surface area contributed by atoms with Crippen molar-refractivity contribution in [2.45, 2.75) is 52.0 Å². The van der Waals surface area contributed by atoms with Gasteiger partial charge in [-0.3, -0.25) is 4.79 Å². The van der Waals surface area contributed by atoms with Gasteiger partial charge in [0.05, 0.1) is 11.5 Å². The number of carbonyl (C=O) groups is 2. The first-order chi connectivity index (χ1) is 13.6. The summed E-state index contributed by atoms with van der Waals surface area (Å²) in [6, 6.07) is 5.58. The van der Waals surface area contributed by atoms with Gasteiger partial charge in [0.25, 0.3) is 5.91 Å². The average Bonchev–Trinajstić information content (AvgIpc) is 2.66. The minimum Gasteiger partial charge on any atom is -0.450 e. The van der Waals surface area contributed by atoms with E-state index >= 15 is 0 Å². The quantitative estimate of drug-likeness (QED) is 0.565. The predicted octanol–water partition coefficient (Wildman–Crippen LogP) is 2.61. The Morgan fingerprint density at radius 1 is 1.07 bits per heavy atom. The summed E-state index contributed by atoms with van der Waals surface area (Å²) in [6.45, 7) is 10.6. The third-order valence-corrected chi connectivity index (χ3v) is 6.39. The van der Waals surface area contributed by atoms with Crippen LogP contribution in [-0.4, -0.2) is 57.0 Å². The van der Waals surface area contributed by atoms with E-state index in [4.69, 9.17) is 4.74 Å². The van der Waals surface area contributed by atoms with E-state index in [1.54, 1.807) is 20.8 Å². The highest BCUT2D eigenvalue weighted by Gasteiger charge is 2.22. The van der Waals surface area contributed by atoms with Crippen LogP contribution in [0.1, 0.15) is 51.4 Å². The molecule has 0 aliphatic heterocycles. The molecule has 0 aromatic heterocycles. The maximum Gasteiger partial charge on any atom is 0.407 e. The lowest BCUT2D eigenvalue weighted by Crippen LogP contribution is -2.44. The van der Waals surface area contributed by atoms with E-state index in [0.29, 0.717) is 31.0 Å². The Balaban J connectivity index is 2.79. The molecule has 0 saturated heterocycles. The van der Waals surface area contributed by atoms with Crippen molar-refractivity contribution in [1.82, 2.24) is 14.9 Å². The molecule has 29 heavy (non-hydrogen) atoms. The number of sulfonamides is 1. The Kier molecular flexibility index (Phi) is 10.1. The molecule has 9 heteroatoms. The van der Waals surface area contributed by atoms with E-state index in [2.05, 4.69) is 10.6 Å². The molecule has 0 heterocycles. The first kappa shape index (κ1) is 24.9. The number of nitrogens with zero attached hydrogens (tertiary/aromatic N) is 1. The fraction of sp³-hybridized carbons (Fsp3) is 0.600. The zero-order chi connectivity index (χ0) is 22.0. The third-order valence-electron chi connectivity index (χ3n) is 4.32. The van der Waals surface area contributed by atoms with Crippen molar-refractivity contribution in [1.29, 1.82) is 0 Å². The molecule has 0 radical (unpaired) electrons. The number of carbonyl (C=O) groups excluding carboxylic acids is 2. The van der Waals surface area contributed by atoms with Gasteiger partial charge in [-0.1, -0.05) is 27.7 Å². The van der Waals surface area contributed by atoms with E-state index < -0.39 is 16.1 Å². The second-order valence-corrected chi connectivity index (χ2v) is 8.95. The van der Waals surface area contributed by atoms with Gasteiger partial charge in [0.15, 0.2) is 0 Å². The van der Waals surface area contributed by atoms with Gasteiger partial charge in [-0.05, 0) is 43.5 Å². The van der Waals surface area contributed by atoms with Crippen molar-refractivity contribution in [3.8, 4) is 0 Å². The number of alkyl carbamates (subject to hydrolysis) is 1. The zero-order valence-corrected chi connectivity index (χ0v) is 18.7. The fourth-order valence-electron chi connectivity index (χ4n) is 2.91. The Labute approximate surface area is 174 Å². The van der Waals surface area contributed by atoms with Crippen LogP contribution in [0.15, 0.2) is 29.2 Å². The summed E-state index contributed by atoms with van der Waals surface area (Å²) in [6.07, 6.45) is 0.165. The molecule has 0 aliphatic carbocycles. The summed E-state index contributed by atoms with van der Waals surface area (Å²) >= 11 is 0.